The Morgan fingerprint density at radius 3 is 1.89 bits per heavy atom. The molecule has 0 atom stereocenters. The molecule has 1 N–H and O–H groups in total. The molecular weight excluding hydrogens is 548 g/mol. The van der Waals surface area contributed by atoms with E-state index in [-0.39, 0.29) is 28.7 Å². The maximum Gasteiger partial charge on any atom is 0.357 e. The van der Waals surface area contributed by atoms with Gasteiger partial charge in [0.25, 0.3) is 5.56 Å². The van der Waals surface area contributed by atoms with E-state index in [9.17, 15) is 14.4 Å². The van der Waals surface area contributed by atoms with Crippen LogP contribution in [-0.4, -0.2) is 56.6 Å². The number of hydrogen-bond donors (Lipinski definition) is 1. The van der Waals surface area contributed by atoms with Gasteiger partial charge < -0.3 is 14.5 Å². The van der Waals surface area contributed by atoms with Crippen molar-refractivity contribution in [2.75, 3.05) is 24.7 Å². The second-order valence-corrected chi connectivity index (χ2v) is 10.6. The highest BCUT2D eigenvalue weighted by atomic mass is 35.5. The molecule has 0 aliphatic carbocycles. The smallest absolute Gasteiger partial charge is 0.357 e. The first-order valence-corrected chi connectivity index (χ1v) is 15.4. The molecule has 0 fully saturated rings. The summed E-state index contributed by atoms with van der Waals surface area (Å²) in [7, 11) is 0. The number of halogens is 1. The van der Waals surface area contributed by atoms with Gasteiger partial charge in [-0.15, -0.1) is 0 Å². The largest absolute Gasteiger partial charge is 0.461 e. The molecule has 0 aliphatic heterocycles. The first kappa shape index (κ1) is 33.9. The summed E-state index contributed by atoms with van der Waals surface area (Å²) in [6, 6.07) is 2.60. The van der Waals surface area contributed by atoms with Crippen LogP contribution in [0.15, 0.2) is 27.2 Å². The third-order valence-corrected chi connectivity index (χ3v) is 6.92. The first-order chi connectivity index (χ1) is 18.3. The Morgan fingerprint density at radius 1 is 0.789 bits per heavy atom. The normalized spacial score (nSPS) is 10.4. The van der Waals surface area contributed by atoms with Crippen LogP contribution < -0.4 is 5.56 Å². The maximum absolute atomic E-state index is 11.6. The molecule has 2 rings (SSSR count). The fraction of sp³-hybridized carbons (Fsp3) is 0.615. The SMILES string of the molecule is CCCCCCSc1nc(C(=O)OCC)cc(=O)[nH]1.CCCCCCSc1nc(Cl)cc(C(=O)OCC)n1. The van der Waals surface area contributed by atoms with E-state index in [0.717, 1.165) is 24.3 Å². The number of thioether (sulfide) groups is 2. The van der Waals surface area contributed by atoms with Crippen molar-refractivity contribution in [3.05, 3.63) is 39.0 Å². The minimum atomic E-state index is -0.554. The van der Waals surface area contributed by atoms with Crippen LogP contribution in [0.1, 0.15) is 100 Å². The molecule has 0 amide bonds. The van der Waals surface area contributed by atoms with E-state index in [1.165, 1.54) is 74.2 Å². The first-order valence-electron chi connectivity index (χ1n) is 13.1. The van der Waals surface area contributed by atoms with E-state index in [2.05, 4.69) is 33.8 Å². The molecule has 2 heterocycles. The molecule has 2 aromatic rings. The predicted octanol–water partition coefficient (Wildman–Crippen LogP) is 6.60. The third kappa shape index (κ3) is 14.7. The molecule has 9 nitrogen and oxygen atoms in total. The van der Waals surface area contributed by atoms with Crippen molar-refractivity contribution in [1.82, 2.24) is 19.9 Å². The van der Waals surface area contributed by atoms with E-state index in [4.69, 9.17) is 21.1 Å². The zero-order chi connectivity index (χ0) is 28.2. The molecule has 0 aliphatic rings. The van der Waals surface area contributed by atoms with Crippen molar-refractivity contribution >= 4 is 47.1 Å². The van der Waals surface area contributed by atoms with Gasteiger partial charge >= 0.3 is 11.9 Å². The summed E-state index contributed by atoms with van der Waals surface area (Å²) in [4.78, 5) is 49.5. The lowest BCUT2D eigenvalue weighted by Gasteiger charge is -2.04. The van der Waals surface area contributed by atoms with E-state index in [0.29, 0.717) is 16.9 Å². The van der Waals surface area contributed by atoms with Crippen LogP contribution in [0.25, 0.3) is 0 Å². The molecule has 0 unspecified atom stereocenters. The van der Waals surface area contributed by atoms with Crippen molar-refractivity contribution in [1.29, 1.82) is 0 Å². The topological polar surface area (TPSA) is 124 Å². The summed E-state index contributed by atoms with van der Waals surface area (Å²) in [6.45, 7) is 8.40. The van der Waals surface area contributed by atoms with Gasteiger partial charge in [0.2, 0.25) is 0 Å². The Labute approximate surface area is 238 Å². The molecule has 0 radical (unpaired) electrons. The van der Waals surface area contributed by atoms with E-state index >= 15 is 0 Å². The Balaban J connectivity index is 0.000000380. The molecule has 0 aromatic carbocycles. The molecule has 0 spiro atoms. The molecule has 0 saturated heterocycles. The third-order valence-electron chi connectivity index (χ3n) is 4.83. The van der Waals surface area contributed by atoms with Crippen LogP contribution in [0, 0.1) is 0 Å². The number of nitrogens with one attached hydrogen (secondary N) is 1. The zero-order valence-corrected chi connectivity index (χ0v) is 25.1. The quantitative estimate of drug-likeness (QED) is 0.0756. The number of unbranched alkanes of at least 4 members (excludes halogenated alkanes) is 6. The number of H-pyrrole nitrogens is 1. The second-order valence-electron chi connectivity index (χ2n) is 8.05. The van der Waals surface area contributed by atoms with Crippen molar-refractivity contribution in [2.45, 2.75) is 89.4 Å². The summed E-state index contributed by atoms with van der Waals surface area (Å²) >= 11 is 8.87. The number of rotatable bonds is 16. The van der Waals surface area contributed by atoms with Crippen LogP contribution >= 0.6 is 35.1 Å². The summed E-state index contributed by atoms with van der Waals surface area (Å²) in [5, 5.41) is 1.29. The van der Waals surface area contributed by atoms with E-state index in [1.807, 2.05) is 0 Å². The highest BCUT2D eigenvalue weighted by Crippen LogP contribution is 2.19. The highest BCUT2D eigenvalue weighted by molar-refractivity contribution is 7.99. The van der Waals surface area contributed by atoms with Gasteiger partial charge in [-0.2, -0.15) is 0 Å². The molecule has 0 bridgehead atoms. The summed E-state index contributed by atoms with van der Waals surface area (Å²) in [5.41, 5.74) is -0.0336. The summed E-state index contributed by atoms with van der Waals surface area (Å²) in [6.07, 6.45) is 9.43. The number of carbonyl (C=O) groups is 2. The number of aromatic amines is 1. The van der Waals surface area contributed by atoms with Crippen molar-refractivity contribution in [3.63, 3.8) is 0 Å². The lowest BCUT2D eigenvalue weighted by Crippen LogP contribution is -2.15. The van der Waals surface area contributed by atoms with Crippen LogP contribution in [-0.2, 0) is 9.47 Å². The number of aromatic nitrogens is 4. The van der Waals surface area contributed by atoms with Gasteiger partial charge in [0.05, 0.1) is 13.2 Å². The average molecular weight is 587 g/mol. The minimum absolute atomic E-state index is 0.0710. The van der Waals surface area contributed by atoms with Gasteiger partial charge in [0, 0.05) is 23.6 Å². The number of hydrogen-bond acceptors (Lipinski definition) is 10. The van der Waals surface area contributed by atoms with Crippen molar-refractivity contribution in [3.8, 4) is 0 Å². The lowest BCUT2D eigenvalue weighted by atomic mass is 10.2. The zero-order valence-electron chi connectivity index (χ0n) is 22.7. The molecular formula is C26H39ClN4O5S2. The minimum Gasteiger partial charge on any atom is -0.461 e. The Hall–Kier alpha value is -2.11. The average Bonchev–Trinajstić information content (AvgIpc) is 2.88. The standard InChI is InChI=1S/C13H19ClN2O2S.C13H20N2O3S/c1-3-5-6-7-8-19-13-15-10(9-11(14)16-13)12(17)18-4-2;1-3-5-6-7-8-19-13-14-10(9-11(16)15-13)12(17)18-4-2/h9H,3-8H2,1-2H3;9H,3-8H2,1-2H3,(H,14,15,16). The van der Waals surface area contributed by atoms with E-state index in [1.54, 1.807) is 13.8 Å². The summed E-state index contributed by atoms with van der Waals surface area (Å²) in [5.74, 6) is 0.804. The molecule has 0 saturated carbocycles. The highest BCUT2D eigenvalue weighted by Gasteiger charge is 2.13. The molecule has 12 heteroatoms. The van der Waals surface area contributed by atoms with Crippen molar-refractivity contribution in [2.24, 2.45) is 0 Å². The van der Waals surface area contributed by atoms with Gasteiger partial charge in [-0.3, -0.25) is 4.79 Å². The number of carbonyl (C=O) groups excluding carboxylic acids is 2. The Bertz CT molecular complexity index is 1040. The van der Waals surface area contributed by atoms with Gasteiger partial charge in [-0.25, -0.2) is 24.5 Å². The fourth-order valence-electron chi connectivity index (χ4n) is 2.97. The Kier molecular flexibility index (Phi) is 18.6. The van der Waals surface area contributed by atoms with Crippen LogP contribution in [0.3, 0.4) is 0 Å². The number of esters is 2. The van der Waals surface area contributed by atoms with E-state index < -0.39 is 11.9 Å². The predicted molar refractivity (Wildman–Crippen MR) is 154 cm³/mol. The Morgan fingerprint density at radius 2 is 1.34 bits per heavy atom. The second kappa shape index (κ2) is 20.8. The molecule has 2 aromatic heterocycles. The lowest BCUT2D eigenvalue weighted by molar-refractivity contribution is 0.0508. The molecule has 212 valence electrons. The van der Waals surface area contributed by atoms with Crippen LogP contribution in [0.2, 0.25) is 5.15 Å². The van der Waals surface area contributed by atoms with Crippen LogP contribution in [0.4, 0.5) is 0 Å². The van der Waals surface area contributed by atoms with Gasteiger partial charge in [0.1, 0.15) is 5.15 Å². The number of ether oxygens (including phenoxy) is 2. The van der Waals surface area contributed by atoms with Gasteiger partial charge in [-0.1, -0.05) is 87.5 Å². The van der Waals surface area contributed by atoms with Crippen molar-refractivity contribution < 1.29 is 19.1 Å². The maximum atomic E-state index is 11.6. The monoisotopic (exact) mass is 586 g/mol. The van der Waals surface area contributed by atoms with Crippen LogP contribution in [0.5, 0.6) is 0 Å². The number of nitrogens with zero attached hydrogens (tertiary/aromatic N) is 3. The fourth-order valence-corrected chi connectivity index (χ4v) is 4.94. The summed E-state index contributed by atoms with van der Waals surface area (Å²) < 4.78 is 9.73. The van der Waals surface area contributed by atoms with Gasteiger partial charge in [-0.05, 0) is 26.7 Å². The molecule has 38 heavy (non-hydrogen) atoms. The van der Waals surface area contributed by atoms with Gasteiger partial charge in [0.15, 0.2) is 21.7 Å².